The van der Waals surface area contributed by atoms with Gasteiger partial charge in [0, 0.05) is 39.7 Å². The molecule has 1 fully saturated rings. The number of hydrogen-bond donors (Lipinski definition) is 2. The summed E-state index contributed by atoms with van der Waals surface area (Å²) < 4.78 is 33.4. The number of unbranched alkanes of at least 4 members (excludes halogenated alkanes) is 3. The highest BCUT2D eigenvalue weighted by molar-refractivity contribution is 7.47. The number of hydrogen-bond acceptors (Lipinski definition) is 7. The zero-order chi connectivity index (χ0) is 22.1. The standard InChI is InChI=1S/C19H25N2O8P/c1-4-5-6-7-8-9-10-14-12-21(19(23)20-18(14)22)17-11-15(16(28-17)13-26-2)29-30(24,25)27-3/h1,12,15-17H,5-8,11,13H2,2-3H3,(H,24,25)(H,20,22,23)/t15-,16?,17-/m1/s1. The maximum absolute atomic E-state index is 12.3. The summed E-state index contributed by atoms with van der Waals surface area (Å²) in [7, 11) is -1.79. The summed E-state index contributed by atoms with van der Waals surface area (Å²) in [6.07, 6.45) is 7.00. The van der Waals surface area contributed by atoms with E-state index >= 15 is 0 Å². The van der Waals surface area contributed by atoms with Crippen molar-refractivity contribution in [2.45, 2.75) is 50.5 Å². The lowest BCUT2D eigenvalue weighted by Crippen LogP contribution is -2.33. The van der Waals surface area contributed by atoms with Crippen molar-refractivity contribution in [1.82, 2.24) is 9.55 Å². The Morgan fingerprint density at radius 3 is 2.77 bits per heavy atom. The fourth-order valence-corrected chi connectivity index (χ4v) is 3.55. The molecule has 164 valence electrons. The molecule has 0 bridgehead atoms. The first kappa shape index (κ1) is 24.1. The highest BCUT2D eigenvalue weighted by atomic mass is 31.2. The number of aromatic nitrogens is 2. The monoisotopic (exact) mass is 440 g/mol. The highest BCUT2D eigenvalue weighted by Gasteiger charge is 2.41. The van der Waals surface area contributed by atoms with Gasteiger partial charge in [0.15, 0.2) is 0 Å². The molecule has 1 aromatic rings. The van der Waals surface area contributed by atoms with Crippen LogP contribution < -0.4 is 11.2 Å². The SMILES string of the molecule is C#CCCCCC#Cc1cn([C@H]2C[C@@H](OP(=O)(O)OC)C(COC)O2)c(=O)[nH]c1=O. The van der Waals surface area contributed by atoms with Crippen LogP contribution in [0.5, 0.6) is 0 Å². The molecule has 0 amide bonds. The van der Waals surface area contributed by atoms with E-state index in [0.29, 0.717) is 12.8 Å². The molecule has 1 aliphatic heterocycles. The number of ether oxygens (including phenoxy) is 2. The predicted octanol–water partition coefficient (Wildman–Crippen LogP) is 1.15. The summed E-state index contributed by atoms with van der Waals surface area (Å²) in [5.74, 6) is 8.19. The molecule has 30 heavy (non-hydrogen) atoms. The van der Waals surface area contributed by atoms with Gasteiger partial charge in [0.05, 0.1) is 6.61 Å². The van der Waals surface area contributed by atoms with Gasteiger partial charge in [0.2, 0.25) is 0 Å². The number of nitrogens with zero attached hydrogens (tertiary/aromatic N) is 1. The van der Waals surface area contributed by atoms with Crippen LogP contribution in [0.3, 0.4) is 0 Å². The number of methoxy groups -OCH3 is 1. The molecule has 2 rings (SSSR count). The molecule has 0 spiro atoms. The minimum atomic E-state index is -4.27. The van der Waals surface area contributed by atoms with E-state index < -0.39 is 37.5 Å². The van der Waals surface area contributed by atoms with Crippen molar-refractivity contribution in [2.24, 2.45) is 0 Å². The predicted molar refractivity (Wildman–Crippen MR) is 108 cm³/mol. The van der Waals surface area contributed by atoms with Gasteiger partial charge < -0.3 is 14.4 Å². The number of terminal acetylenes is 1. The van der Waals surface area contributed by atoms with E-state index in [1.165, 1.54) is 17.9 Å². The summed E-state index contributed by atoms with van der Waals surface area (Å²) in [4.78, 5) is 36.2. The van der Waals surface area contributed by atoms with Crippen molar-refractivity contribution >= 4 is 7.82 Å². The molecule has 2 heterocycles. The molecule has 1 saturated heterocycles. The van der Waals surface area contributed by atoms with E-state index in [2.05, 4.69) is 27.3 Å². The Hall–Kier alpha value is -2.17. The molecule has 2 unspecified atom stereocenters. The third kappa shape index (κ3) is 6.68. The fraction of sp³-hybridized carbons (Fsp3) is 0.579. The quantitative estimate of drug-likeness (QED) is 0.332. The van der Waals surface area contributed by atoms with Crippen LogP contribution in [0.15, 0.2) is 15.8 Å². The Kier molecular flexibility index (Phi) is 9.07. The smallest absolute Gasteiger partial charge is 0.382 e. The van der Waals surface area contributed by atoms with Crippen molar-refractivity contribution in [2.75, 3.05) is 20.8 Å². The molecule has 1 aromatic heterocycles. The third-order valence-corrected chi connectivity index (χ3v) is 5.38. The van der Waals surface area contributed by atoms with E-state index in [1.54, 1.807) is 0 Å². The average molecular weight is 440 g/mol. The molecule has 2 N–H and O–H groups in total. The molecular weight excluding hydrogens is 415 g/mol. The Labute approximate surface area is 174 Å². The lowest BCUT2D eigenvalue weighted by atomic mass is 10.2. The van der Waals surface area contributed by atoms with E-state index in [9.17, 15) is 19.0 Å². The molecule has 1 aliphatic rings. The molecule has 0 aliphatic carbocycles. The highest BCUT2D eigenvalue weighted by Crippen LogP contribution is 2.47. The minimum Gasteiger partial charge on any atom is -0.382 e. The van der Waals surface area contributed by atoms with Crippen molar-refractivity contribution in [3.63, 3.8) is 0 Å². The lowest BCUT2D eigenvalue weighted by Gasteiger charge is -2.19. The van der Waals surface area contributed by atoms with Gasteiger partial charge in [0.25, 0.3) is 5.56 Å². The second-order valence-corrected chi connectivity index (χ2v) is 8.05. The topological polar surface area (TPSA) is 129 Å². The van der Waals surface area contributed by atoms with E-state index in [0.717, 1.165) is 20.0 Å². The largest absolute Gasteiger partial charge is 0.472 e. The van der Waals surface area contributed by atoms with Crippen LogP contribution in [0.1, 0.15) is 43.9 Å². The summed E-state index contributed by atoms with van der Waals surface area (Å²) in [5, 5.41) is 0. The van der Waals surface area contributed by atoms with Crippen LogP contribution in [-0.4, -0.2) is 47.5 Å². The summed E-state index contributed by atoms with van der Waals surface area (Å²) in [5.41, 5.74) is -1.20. The number of phosphoric ester groups is 1. The molecule has 0 radical (unpaired) electrons. The van der Waals surface area contributed by atoms with E-state index in [4.69, 9.17) is 20.4 Å². The first-order chi connectivity index (χ1) is 14.3. The van der Waals surface area contributed by atoms with Gasteiger partial charge in [-0.3, -0.25) is 23.4 Å². The second kappa shape index (κ2) is 11.3. The van der Waals surface area contributed by atoms with Gasteiger partial charge in [-0.2, -0.15) is 0 Å². The average Bonchev–Trinajstić information content (AvgIpc) is 3.07. The second-order valence-electron chi connectivity index (χ2n) is 6.54. The van der Waals surface area contributed by atoms with E-state index in [1.807, 2.05) is 0 Å². The van der Waals surface area contributed by atoms with E-state index in [-0.39, 0.29) is 18.6 Å². The molecule has 0 saturated carbocycles. The zero-order valence-corrected chi connectivity index (χ0v) is 17.7. The Balaban J connectivity index is 2.21. The number of aromatic amines is 1. The normalized spacial score (nSPS) is 22.7. The number of nitrogens with one attached hydrogen (secondary N) is 1. The molecule has 4 atom stereocenters. The van der Waals surface area contributed by atoms with Crippen LogP contribution in [0.2, 0.25) is 0 Å². The Morgan fingerprint density at radius 1 is 1.37 bits per heavy atom. The first-order valence-corrected chi connectivity index (χ1v) is 10.8. The lowest BCUT2D eigenvalue weighted by molar-refractivity contribution is -0.0544. The summed E-state index contributed by atoms with van der Waals surface area (Å²) in [6.45, 7) is 0.0628. The van der Waals surface area contributed by atoms with Gasteiger partial charge in [-0.15, -0.1) is 12.3 Å². The Morgan fingerprint density at radius 2 is 2.10 bits per heavy atom. The number of H-pyrrole nitrogens is 1. The summed E-state index contributed by atoms with van der Waals surface area (Å²) in [6, 6.07) is 0. The maximum atomic E-state index is 12.3. The Bertz CT molecular complexity index is 983. The first-order valence-electron chi connectivity index (χ1n) is 9.30. The van der Waals surface area contributed by atoms with Gasteiger partial charge in [-0.25, -0.2) is 9.36 Å². The minimum absolute atomic E-state index is 0.0623. The van der Waals surface area contributed by atoms with Crippen molar-refractivity contribution in [3.8, 4) is 24.2 Å². The van der Waals surface area contributed by atoms with Crippen LogP contribution in [0, 0.1) is 24.2 Å². The van der Waals surface area contributed by atoms with Gasteiger partial charge >= 0.3 is 13.5 Å². The molecule has 0 aromatic carbocycles. The van der Waals surface area contributed by atoms with Crippen LogP contribution in [0.4, 0.5) is 0 Å². The van der Waals surface area contributed by atoms with Crippen LogP contribution in [0.25, 0.3) is 0 Å². The van der Waals surface area contributed by atoms with Gasteiger partial charge in [-0.05, 0) is 12.8 Å². The van der Waals surface area contributed by atoms with Crippen molar-refractivity contribution in [3.05, 3.63) is 32.6 Å². The van der Waals surface area contributed by atoms with Crippen molar-refractivity contribution < 1.29 is 28.0 Å². The summed E-state index contributed by atoms with van der Waals surface area (Å²) >= 11 is 0. The fourth-order valence-electron chi connectivity index (χ4n) is 2.90. The number of phosphoric acid groups is 1. The van der Waals surface area contributed by atoms with Crippen LogP contribution in [-0.2, 0) is 23.1 Å². The molecule has 11 heteroatoms. The number of rotatable bonds is 9. The molecule has 10 nitrogen and oxygen atoms in total. The maximum Gasteiger partial charge on any atom is 0.472 e. The van der Waals surface area contributed by atoms with Gasteiger partial charge in [0.1, 0.15) is 24.0 Å². The molecular formula is C19H25N2O8P. The zero-order valence-electron chi connectivity index (χ0n) is 16.8. The third-order valence-electron chi connectivity index (χ3n) is 4.38. The van der Waals surface area contributed by atoms with Crippen LogP contribution >= 0.6 is 7.82 Å². The van der Waals surface area contributed by atoms with Crippen molar-refractivity contribution in [1.29, 1.82) is 0 Å². The van der Waals surface area contributed by atoms with Gasteiger partial charge in [-0.1, -0.05) is 11.8 Å².